The third kappa shape index (κ3) is 5.13. The molecule has 1 saturated heterocycles. The quantitative estimate of drug-likeness (QED) is 0.727. The molecule has 0 radical (unpaired) electrons. The summed E-state index contributed by atoms with van der Waals surface area (Å²) in [6.45, 7) is 1.65. The molecule has 6 nitrogen and oxygen atoms in total. The summed E-state index contributed by atoms with van der Waals surface area (Å²) >= 11 is 0. The van der Waals surface area contributed by atoms with Crippen LogP contribution in [0.5, 0.6) is 11.5 Å². The van der Waals surface area contributed by atoms with Crippen LogP contribution in [0.1, 0.15) is 15.9 Å². The summed E-state index contributed by atoms with van der Waals surface area (Å²) in [6.07, 6.45) is 3.20. The summed E-state index contributed by atoms with van der Waals surface area (Å²) in [6, 6.07) is 11.0. The number of piperazine rings is 1. The van der Waals surface area contributed by atoms with E-state index in [1.807, 2.05) is 12.1 Å². The summed E-state index contributed by atoms with van der Waals surface area (Å²) < 4.78 is 23.8. The van der Waals surface area contributed by atoms with E-state index in [1.165, 1.54) is 24.3 Å². The Morgan fingerprint density at radius 2 is 1.55 bits per heavy atom. The molecular weight excluding hydrogens is 375 g/mol. The van der Waals surface area contributed by atoms with Crippen molar-refractivity contribution in [2.75, 3.05) is 40.4 Å². The highest BCUT2D eigenvalue weighted by Crippen LogP contribution is 2.23. The number of benzene rings is 2. The summed E-state index contributed by atoms with van der Waals surface area (Å²) in [7, 11) is 3.13. The second kappa shape index (κ2) is 9.23. The van der Waals surface area contributed by atoms with Crippen molar-refractivity contribution in [1.82, 2.24) is 9.80 Å². The summed E-state index contributed by atoms with van der Waals surface area (Å²) in [5, 5.41) is 0. The summed E-state index contributed by atoms with van der Waals surface area (Å²) in [5.74, 6) is 0.478. The predicted molar refractivity (Wildman–Crippen MR) is 107 cm³/mol. The van der Waals surface area contributed by atoms with Crippen LogP contribution in [-0.4, -0.2) is 62.0 Å². The van der Waals surface area contributed by atoms with Crippen molar-refractivity contribution >= 4 is 17.9 Å². The molecule has 0 unspecified atom stereocenters. The van der Waals surface area contributed by atoms with E-state index in [1.54, 1.807) is 42.2 Å². The normalized spacial score (nSPS) is 14.2. The summed E-state index contributed by atoms with van der Waals surface area (Å²) in [5.41, 5.74) is 1.10. The van der Waals surface area contributed by atoms with Crippen LogP contribution in [0, 0.1) is 5.82 Å². The molecule has 2 aromatic carbocycles. The van der Waals surface area contributed by atoms with Gasteiger partial charge in [-0.1, -0.05) is 6.07 Å². The first-order valence-electron chi connectivity index (χ1n) is 9.25. The first-order chi connectivity index (χ1) is 14.0. The molecule has 7 heteroatoms. The van der Waals surface area contributed by atoms with Crippen LogP contribution in [0.4, 0.5) is 4.39 Å². The van der Waals surface area contributed by atoms with Gasteiger partial charge >= 0.3 is 0 Å². The number of hydrogen-bond acceptors (Lipinski definition) is 4. The lowest BCUT2D eigenvalue weighted by Gasteiger charge is -2.34. The van der Waals surface area contributed by atoms with Gasteiger partial charge in [0, 0.05) is 43.9 Å². The first kappa shape index (κ1) is 20.4. The molecule has 152 valence electrons. The van der Waals surface area contributed by atoms with E-state index < -0.39 is 5.82 Å². The number of rotatable bonds is 5. The highest BCUT2D eigenvalue weighted by Gasteiger charge is 2.24. The van der Waals surface area contributed by atoms with Crippen LogP contribution in [0.2, 0.25) is 0 Å². The van der Waals surface area contributed by atoms with Crippen LogP contribution in [-0.2, 0) is 4.79 Å². The number of amides is 2. The molecule has 1 heterocycles. The molecule has 0 spiro atoms. The molecule has 2 aromatic rings. The topological polar surface area (TPSA) is 59.1 Å². The minimum absolute atomic E-state index is 0.135. The molecule has 0 aliphatic carbocycles. The van der Waals surface area contributed by atoms with E-state index in [0.29, 0.717) is 43.2 Å². The molecule has 0 bridgehead atoms. The number of carbonyl (C=O) groups excluding carboxylic acids is 2. The van der Waals surface area contributed by atoms with Gasteiger partial charge in [-0.3, -0.25) is 9.59 Å². The van der Waals surface area contributed by atoms with Crippen molar-refractivity contribution in [3.63, 3.8) is 0 Å². The number of nitrogens with zero attached hydrogens (tertiary/aromatic N) is 2. The van der Waals surface area contributed by atoms with Gasteiger partial charge in [0.1, 0.15) is 17.3 Å². The Morgan fingerprint density at radius 1 is 0.931 bits per heavy atom. The summed E-state index contributed by atoms with van der Waals surface area (Å²) in [4.78, 5) is 28.3. The van der Waals surface area contributed by atoms with Crippen molar-refractivity contribution in [2.45, 2.75) is 0 Å². The molecule has 1 fully saturated rings. The maximum absolute atomic E-state index is 13.3. The largest absolute Gasteiger partial charge is 0.497 e. The fourth-order valence-electron chi connectivity index (χ4n) is 3.13. The van der Waals surface area contributed by atoms with Crippen LogP contribution < -0.4 is 9.47 Å². The average Bonchev–Trinajstić information content (AvgIpc) is 2.76. The van der Waals surface area contributed by atoms with E-state index in [2.05, 4.69) is 0 Å². The zero-order chi connectivity index (χ0) is 20.8. The highest BCUT2D eigenvalue weighted by atomic mass is 19.1. The minimum atomic E-state index is -0.441. The van der Waals surface area contributed by atoms with Gasteiger partial charge in [0.2, 0.25) is 5.91 Å². The van der Waals surface area contributed by atoms with Gasteiger partial charge in [-0.25, -0.2) is 4.39 Å². The number of ether oxygens (including phenoxy) is 2. The van der Waals surface area contributed by atoms with Crippen LogP contribution in [0.3, 0.4) is 0 Å². The number of halogens is 1. The Kier molecular flexibility index (Phi) is 6.49. The third-order valence-corrected chi connectivity index (χ3v) is 4.74. The molecule has 29 heavy (non-hydrogen) atoms. The van der Waals surface area contributed by atoms with E-state index in [9.17, 15) is 14.0 Å². The van der Waals surface area contributed by atoms with E-state index in [0.717, 1.165) is 5.56 Å². The van der Waals surface area contributed by atoms with Crippen molar-refractivity contribution in [3.05, 3.63) is 65.5 Å². The van der Waals surface area contributed by atoms with Crippen molar-refractivity contribution < 1.29 is 23.5 Å². The molecular formula is C22H23FN2O4. The molecule has 0 atom stereocenters. The van der Waals surface area contributed by atoms with Gasteiger partial charge in [0.15, 0.2) is 0 Å². The molecule has 2 amide bonds. The Balaban J connectivity index is 1.59. The second-order valence-electron chi connectivity index (χ2n) is 6.61. The average molecular weight is 398 g/mol. The fraction of sp³-hybridized carbons (Fsp3) is 0.273. The van der Waals surface area contributed by atoms with E-state index in [4.69, 9.17) is 9.47 Å². The first-order valence-corrected chi connectivity index (χ1v) is 9.25. The van der Waals surface area contributed by atoms with Gasteiger partial charge in [-0.05, 0) is 42.0 Å². The standard InChI is InChI=1S/C22H23FN2O4/c1-28-19-12-16(13-20(15-19)29-2)6-7-21(26)24-8-10-25(11-9-24)22(27)17-4-3-5-18(23)14-17/h3-7,12-15H,8-11H2,1-2H3/b7-6+. The third-order valence-electron chi connectivity index (χ3n) is 4.74. The number of carbonyl (C=O) groups is 2. The SMILES string of the molecule is COc1cc(/C=C/C(=O)N2CCN(C(=O)c3cccc(F)c3)CC2)cc(OC)c1. The van der Waals surface area contributed by atoms with E-state index in [-0.39, 0.29) is 11.8 Å². The van der Waals surface area contributed by atoms with Gasteiger partial charge in [0.05, 0.1) is 14.2 Å². The zero-order valence-electron chi connectivity index (χ0n) is 16.4. The predicted octanol–water partition coefficient (Wildman–Crippen LogP) is 2.84. The minimum Gasteiger partial charge on any atom is -0.497 e. The van der Waals surface area contributed by atoms with Gasteiger partial charge in [-0.2, -0.15) is 0 Å². The lowest BCUT2D eigenvalue weighted by atomic mass is 10.1. The Hall–Kier alpha value is -3.35. The van der Waals surface area contributed by atoms with Crippen LogP contribution in [0.15, 0.2) is 48.5 Å². The van der Waals surface area contributed by atoms with Crippen LogP contribution in [0.25, 0.3) is 6.08 Å². The maximum atomic E-state index is 13.3. The maximum Gasteiger partial charge on any atom is 0.254 e. The van der Waals surface area contributed by atoms with Crippen LogP contribution >= 0.6 is 0 Å². The van der Waals surface area contributed by atoms with Gasteiger partial charge in [-0.15, -0.1) is 0 Å². The number of methoxy groups -OCH3 is 2. The Labute approximate surface area is 169 Å². The molecule has 0 saturated carbocycles. The second-order valence-corrected chi connectivity index (χ2v) is 6.61. The highest BCUT2D eigenvalue weighted by molar-refractivity contribution is 5.95. The number of hydrogen-bond donors (Lipinski definition) is 0. The van der Waals surface area contributed by atoms with Crippen molar-refractivity contribution in [3.8, 4) is 11.5 Å². The van der Waals surface area contributed by atoms with E-state index >= 15 is 0 Å². The Bertz CT molecular complexity index is 899. The molecule has 0 aromatic heterocycles. The molecule has 0 N–H and O–H groups in total. The zero-order valence-corrected chi connectivity index (χ0v) is 16.4. The van der Waals surface area contributed by atoms with Gasteiger partial charge < -0.3 is 19.3 Å². The van der Waals surface area contributed by atoms with Crippen molar-refractivity contribution in [2.24, 2.45) is 0 Å². The lowest BCUT2D eigenvalue weighted by Crippen LogP contribution is -2.50. The smallest absolute Gasteiger partial charge is 0.254 e. The van der Waals surface area contributed by atoms with Crippen molar-refractivity contribution in [1.29, 1.82) is 0 Å². The van der Waals surface area contributed by atoms with Gasteiger partial charge in [0.25, 0.3) is 5.91 Å². The fourth-order valence-corrected chi connectivity index (χ4v) is 3.13. The Morgan fingerprint density at radius 3 is 2.14 bits per heavy atom. The molecule has 3 rings (SSSR count). The monoisotopic (exact) mass is 398 g/mol. The molecule has 1 aliphatic rings. The molecule has 1 aliphatic heterocycles. The lowest BCUT2D eigenvalue weighted by molar-refractivity contribution is -0.127.